The van der Waals surface area contributed by atoms with Gasteiger partial charge in [-0.1, -0.05) is 6.92 Å². The lowest BCUT2D eigenvalue weighted by Gasteiger charge is -2.07. The van der Waals surface area contributed by atoms with Crippen LogP contribution in [0.3, 0.4) is 0 Å². The van der Waals surface area contributed by atoms with Crippen LogP contribution in [0.5, 0.6) is 0 Å². The SMILES string of the molecule is CC[C@@]1(C(=O)O)C[C@@H]1COC. The van der Waals surface area contributed by atoms with Crippen LogP contribution < -0.4 is 0 Å². The second-order valence-electron chi connectivity index (χ2n) is 3.17. The Bertz CT molecular complexity index is 167. The molecule has 0 radical (unpaired) electrons. The van der Waals surface area contributed by atoms with Gasteiger partial charge in [0.05, 0.1) is 12.0 Å². The Kier molecular flexibility index (Phi) is 2.18. The third kappa shape index (κ3) is 1.25. The van der Waals surface area contributed by atoms with Gasteiger partial charge in [-0.05, 0) is 18.8 Å². The molecule has 3 nitrogen and oxygen atoms in total. The number of hydrogen-bond donors (Lipinski definition) is 1. The van der Waals surface area contributed by atoms with Crippen molar-refractivity contribution in [2.75, 3.05) is 13.7 Å². The fourth-order valence-electron chi connectivity index (χ4n) is 1.65. The summed E-state index contributed by atoms with van der Waals surface area (Å²) in [4.78, 5) is 10.7. The molecule has 1 aliphatic carbocycles. The Hall–Kier alpha value is -0.570. The predicted octanol–water partition coefficient (Wildman–Crippen LogP) is 1.13. The van der Waals surface area contributed by atoms with E-state index in [1.807, 2.05) is 6.92 Å². The summed E-state index contributed by atoms with van der Waals surface area (Å²) in [5.74, 6) is -0.419. The van der Waals surface area contributed by atoms with Crippen LogP contribution in [-0.2, 0) is 9.53 Å². The first kappa shape index (κ1) is 8.53. The highest BCUT2D eigenvalue weighted by Gasteiger charge is 2.58. The zero-order valence-corrected chi connectivity index (χ0v) is 6.96. The van der Waals surface area contributed by atoms with E-state index in [9.17, 15) is 4.79 Å². The molecule has 0 aromatic heterocycles. The zero-order valence-electron chi connectivity index (χ0n) is 6.96. The topological polar surface area (TPSA) is 46.5 Å². The minimum absolute atomic E-state index is 0.245. The molecule has 1 aliphatic rings. The lowest BCUT2D eigenvalue weighted by Crippen LogP contribution is -2.17. The first-order valence-electron chi connectivity index (χ1n) is 3.89. The molecule has 0 unspecified atom stereocenters. The molecule has 1 saturated carbocycles. The summed E-state index contributed by atoms with van der Waals surface area (Å²) in [6.45, 7) is 2.50. The van der Waals surface area contributed by atoms with Gasteiger partial charge in [0.15, 0.2) is 0 Å². The van der Waals surface area contributed by atoms with E-state index in [2.05, 4.69) is 0 Å². The maximum atomic E-state index is 10.7. The molecule has 2 atom stereocenters. The van der Waals surface area contributed by atoms with E-state index < -0.39 is 11.4 Å². The van der Waals surface area contributed by atoms with Crippen molar-refractivity contribution in [2.24, 2.45) is 11.3 Å². The van der Waals surface area contributed by atoms with E-state index in [1.54, 1.807) is 7.11 Å². The second-order valence-corrected chi connectivity index (χ2v) is 3.17. The van der Waals surface area contributed by atoms with Crippen molar-refractivity contribution in [3.8, 4) is 0 Å². The third-order valence-electron chi connectivity index (χ3n) is 2.66. The molecule has 1 N–H and O–H groups in total. The van der Waals surface area contributed by atoms with Crippen LogP contribution in [0.4, 0.5) is 0 Å². The third-order valence-corrected chi connectivity index (χ3v) is 2.66. The molecule has 1 fully saturated rings. The molecule has 0 bridgehead atoms. The smallest absolute Gasteiger partial charge is 0.310 e. The Morgan fingerprint density at radius 3 is 2.73 bits per heavy atom. The first-order chi connectivity index (χ1) is 5.17. The summed E-state index contributed by atoms with van der Waals surface area (Å²) in [7, 11) is 1.61. The number of rotatable bonds is 4. The fraction of sp³-hybridized carbons (Fsp3) is 0.875. The van der Waals surface area contributed by atoms with Gasteiger partial charge in [0, 0.05) is 7.11 Å². The number of carboxylic acids is 1. The van der Waals surface area contributed by atoms with E-state index in [4.69, 9.17) is 9.84 Å². The van der Waals surface area contributed by atoms with Gasteiger partial charge >= 0.3 is 5.97 Å². The van der Waals surface area contributed by atoms with E-state index in [1.165, 1.54) is 0 Å². The van der Waals surface area contributed by atoms with Crippen LogP contribution in [0.25, 0.3) is 0 Å². The van der Waals surface area contributed by atoms with Crippen molar-refractivity contribution in [1.29, 1.82) is 0 Å². The van der Waals surface area contributed by atoms with Crippen molar-refractivity contribution in [3.63, 3.8) is 0 Å². The molecule has 0 aromatic rings. The van der Waals surface area contributed by atoms with Crippen molar-refractivity contribution in [3.05, 3.63) is 0 Å². The molecule has 0 saturated heterocycles. The highest BCUT2D eigenvalue weighted by atomic mass is 16.5. The quantitative estimate of drug-likeness (QED) is 0.667. The Morgan fingerprint density at radius 1 is 1.82 bits per heavy atom. The van der Waals surface area contributed by atoms with Gasteiger partial charge in [0.25, 0.3) is 0 Å². The van der Waals surface area contributed by atoms with Gasteiger partial charge in [-0.25, -0.2) is 0 Å². The molecular formula is C8H14O3. The van der Waals surface area contributed by atoms with Crippen LogP contribution in [0.2, 0.25) is 0 Å². The molecular weight excluding hydrogens is 144 g/mol. The zero-order chi connectivity index (χ0) is 8.48. The van der Waals surface area contributed by atoms with Crippen LogP contribution in [-0.4, -0.2) is 24.8 Å². The van der Waals surface area contributed by atoms with Crippen LogP contribution in [0.15, 0.2) is 0 Å². The molecule has 3 heteroatoms. The summed E-state index contributed by atoms with van der Waals surface area (Å²) in [5, 5.41) is 8.85. The Labute approximate surface area is 66.4 Å². The summed E-state index contributed by atoms with van der Waals surface area (Å²) in [6, 6.07) is 0. The average Bonchev–Trinajstić information content (AvgIpc) is 2.65. The van der Waals surface area contributed by atoms with Gasteiger partial charge in [-0.3, -0.25) is 4.79 Å². The minimum atomic E-state index is -0.665. The molecule has 64 valence electrons. The van der Waals surface area contributed by atoms with Crippen molar-refractivity contribution in [1.82, 2.24) is 0 Å². The molecule has 0 amide bonds. The number of ether oxygens (including phenoxy) is 1. The van der Waals surface area contributed by atoms with Gasteiger partial charge in [0.1, 0.15) is 0 Å². The summed E-state index contributed by atoms with van der Waals surface area (Å²) in [5.41, 5.74) is -0.448. The summed E-state index contributed by atoms with van der Waals surface area (Å²) >= 11 is 0. The lowest BCUT2D eigenvalue weighted by atomic mass is 10.0. The normalized spacial score (nSPS) is 35.3. The Morgan fingerprint density at radius 2 is 2.45 bits per heavy atom. The van der Waals surface area contributed by atoms with Crippen molar-refractivity contribution < 1.29 is 14.6 Å². The van der Waals surface area contributed by atoms with E-state index >= 15 is 0 Å². The molecule has 1 rings (SSSR count). The lowest BCUT2D eigenvalue weighted by molar-refractivity contribution is -0.144. The van der Waals surface area contributed by atoms with Gasteiger partial charge in [0.2, 0.25) is 0 Å². The number of methoxy groups -OCH3 is 1. The standard InChI is InChI=1S/C8H14O3/c1-3-8(7(9)10)4-6(8)5-11-2/h6H,3-5H2,1-2H3,(H,9,10)/t6-,8-/m1/s1. The molecule has 0 aliphatic heterocycles. The number of aliphatic carboxylic acids is 1. The van der Waals surface area contributed by atoms with Gasteiger partial charge < -0.3 is 9.84 Å². The van der Waals surface area contributed by atoms with Crippen molar-refractivity contribution in [2.45, 2.75) is 19.8 Å². The van der Waals surface area contributed by atoms with Crippen LogP contribution in [0, 0.1) is 11.3 Å². The largest absolute Gasteiger partial charge is 0.481 e. The predicted molar refractivity (Wildman–Crippen MR) is 40.3 cm³/mol. The number of hydrogen-bond acceptors (Lipinski definition) is 2. The maximum absolute atomic E-state index is 10.7. The summed E-state index contributed by atoms with van der Waals surface area (Å²) < 4.78 is 4.91. The van der Waals surface area contributed by atoms with Crippen molar-refractivity contribution >= 4 is 5.97 Å². The van der Waals surface area contributed by atoms with Gasteiger partial charge in [-0.2, -0.15) is 0 Å². The molecule has 11 heavy (non-hydrogen) atoms. The van der Waals surface area contributed by atoms with E-state index in [0.29, 0.717) is 6.61 Å². The highest BCUT2D eigenvalue weighted by molar-refractivity contribution is 5.78. The number of carboxylic acid groups (broad SMARTS) is 1. The summed E-state index contributed by atoms with van der Waals surface area (Å²) in [6.07, 6.45) is 1.50. The first-order valence-corrected chi connectivity index (χ1v) is 3.89. The molecule has 0 spiro atoms. The van der Waals surface area contributed by atoms with Crippen LogP contribution >= 0.6 is 0 Å². The maximum Gasteiger partial charge on any atom is 0.310 e. The fourth-order valence-corrected chi connectivity index (χ4v) is 1.65. The molecule has 0 aromatic carbocycles. The monoisotopic (exact) mass is 158 g/mol. The highest BCUT2D eigenvalue weighted by Crippen LogP contribution is 2.55. The van der Waals surface area contributed by atoms with E-state index in [0.717, 1.165) is 12.8 Å². The average molecular weight is 158 g/mol. The molecule has 0 heterocycles. The number of carbonyl (C=O) groups is 1. The minimum Gasteiger partial charge on any atom is -0.481 e. The Balaban J connectivity index is 2.49. The second kappa shape index (κ2) is 2.81. The van der Waals surface area contributed by atoms with E-state index in [-0.39, 0.29) is 5.92 Å². The van der Waals surface area contributed by atoms with Gasteiger partial charge in [-0.15, -0.1) is 0 Å². The van der Waals surface area contributed by atoms with Crippen LogP contribution in [0.1, 0.15) is 19.8 Å².